The molecule has 6 heteroatoms. The SMILES string of the molecule is CCOC(=O)c1ccc(C)c(NC(=O)CSCc2ccccc2Cl)c1. The Morgan fingerprint density at radius 2 is 1.96 bits per heavy atom. The lowest BCUT2D eigenvalue weighted by Gasteiger charge is -2.10. The second-order valence-corrected chi connectivity index (χ2v) is 6.78. The zero-order valence-corrected chi connectivity index (χ0v) is 15.7. The maximum Gasteiger partial charge on any atom is 0.338 e. The van der Waals surface area contributed by atoms with E-state index < -0.39 is 5.97 Å². The molecule has 4 nitrogen and oxygen atoms in total. The summed E-state index contributed by atoms with van der Waals surface area (Å²) in [5.74, 6) is 0.440. The lowest BCUT2D eigenvalue weighted by molar-refractivity contribution is -0.113. The highest BCUT2D eigenvalue weighted by Crippen LogP contribution is 2.22. The Hall–Kier alpha value is -1.98. The zero-order chi connectivity index (χ0) is 18.2. The molecule has 0 aliphatic rings. The monoisotopic (exact) mass is 377 g/mol. The number of rotatable bonds is 7. The van der Waals surface area contributed by atoms with Crippen LogP contribution >= 0.6 is 23.4 Å². The number of thioether (sulfide) groups is 1. The average Bonchev–Trinajstić information content (AvgIpc) is 2.59. The third kappa shape index (κ3) is 5.80. The molecule has 2 aromatic carbocycles. The number of esters is 1. The van der Waals surface area contributed by atoms with Crippen molar-refractivity contribution in [1.29, 1.82) is 0 Å². The van der Waals surface area contributed by atoms with Crippen LogP contribution in [0.15, 0.2) is 42.5 Å². The standard InChI is InChI=1S/C19H20ClNO3S/c1-3-24-19(23)14-9-8-13(2)17(10-14)21-18(22)12-25-11-15-6-4-5-7-16(15)20/h4-10H,3,11-12H2,1-2H3,(H,21,22). The number of nitrogens with one attached hydrogen (secondary N) is 1. The van der Waals surface area contributed by atoms with E-state index in [2.05, 4.69) is 5.32 Å². The third-order valence-electron chi connectivity index (χ3n) is 3.47. The first-order chi connectivity index (χ1) is 12.0. The first kappa shape index (κ1) is 19.3. The molecular formula is C19H20ClNO3S. The molecular weight excluding hydrogens is 358 g/mol. The number of ether oxygens (including phenoxy) is 1. The fourth-order valence-corrected chi connectivity index (χ4v) is 3.27. The smallest absolute Gasteiger partial charge is 0.338 e. The number of hydrogen-bond donors (Lipinski definition) is 1. The van der Waals surface area contributed by atoms with E-state index in [1.807, 2.05) is 31.2 Å². The predicted octanol–water partition coefficient (Wildman–Crippen LogP) is 4.70. The molecule has 25 heavy (non-hydrogen) atoms. The number of halogens is 1. The minimum absolute atomic E-state index is 0.124. The van der Waals surface area contributed by atoms with Crippen molar-refractivity contribution in [2.45, 2.75) is 19.6 Å². The Morgan fingerprint density at radius 3 is 2.68 bits per heavy atom. The van der Waals surface area contributed by atoms with Crippen LogP contribution in [0.2, 0.25) is 5.02 Å². The van der Waals surface area contributed by atoms with Crippen LogP contribution in [-0.4, -0.2) is 24.2 Å². The molecule has 2 rings (SSSR count). The number of amides is 1. The van der Waals surface area contributed by atoms with E-state index >= 15 is 0 Å². The summed E-state index contributed by atoms with van der Waals surface area (Å²) >= 11 is 7.59. The maximum atomic E-state index is 12.2. The van der Waals surface area contributed by atoms with Gasteiger partial charge in [0.1, 0.15) is 0 Å². The molecule has 2 aromatic rings. The quantitative estimate of drug-likeness (QED) is 0.711. The molecule has 1 N–H and O–H groups in total. The second-order valence-electron chi connectivity index (χ2n) is 5.38. The molecule has 0 saturated heterocycles. The molecule has 0 aliphatic heterocycles. The Labute approximate surface area is 156 Å². The van der Waals surface area contributed by atoms with Gasteiger partial charge in [-0.2, -0.15) is 0 Å². The molecule has 0 atom stereocenters. The van der Waals surface area contributed by atoms with Crippen molar-refractivity contribution in [2.75, 3.05) is 17.7 Å². The first-order valence-electron chi connectivity index (χ1n) is 7.90. The number of benzene rings is 2. The minimum atomic E-state index is -0.397. The molecule has 0 aliphatic carbocycles. The van der Waals surface area contributed by atoms with Crippen molar-refractivity contribution < 1.29 is 14.3 Å². The van der Waals surface area contributed by atoms with Gasteiger partial charge in [0.05, 0.1) is 17.9 Å². The molecule has 0 unspecified atom stereocenters. The van der Waals surface area contributed by atoms with Crippen LogP contribution in [-0.2, 0) is 15.3 Å². The highest BCUT2D eigenvalue weighted by Gasteiger charge is 2.11. The van der Waals surface area contributed by atoms with Gasteiger partial charge in [0.25, 0.3) is 0 Å². The first-order valence-corrected chi connectivity index (χ1v) is 9.43. The lowest BCUT2D eigenvalue weighted by atomic mass is 10.1. The summed E-state index contributed by atoms with van der Waals surface area (Å²) in [5, 5.41) is 3.55. The lowest BCUT2D eigenvalue weighted by Crippen LogP contribution is -2.16. The third-order valence-corrected chi connectivity index (χ3v) is 4.82. The van der Waals surface area contributed by atoms with Crippen LogP contribution in [0, 0.1) is 6.92 Å². The average molecular weight is 378 g/mol. The van der Waals surface area contributed by atoms with Crippen molar-refractivity contribution in [3.8, 4) is 0 Å². The summed E-state index contributed by atoms with van der Waals surface area (Å²) in [6.07, 6.45) is 0. The topological polar surface area (TPSA) is 55.4 Å². The van der Waals surface area contributed by atoms with Gasteiger partial charge in [0.15, 0.2) is 0 Å². The van der Waals surface area contributed by atoms with Gasteiger partial charge in [-0.25, -0.2) is 4.79 Å². The highest BCUT2D eigenvalue weighted by atomic mass is 35.5. The predicted molar refractivity (Wildman–Crippen MR) is 103 cm³/mol. The molecule has 132 valence electrons. The molecule has 0 aromatic heterocycles. The van der Waals surface area contributed by atoms with Crippen LogP contribution < -0.4 is 5.32 Å². The largest absolute Gasteiger partial charge is 0.462 e. The van der Waals surface area contributed by atoms with Crippen molar-refractivity contribution in [3.63, 3.8) is 0 Å². The molecule has 0 saturated carbocycles. The van der Waals surface area contributed by atoms with Crippen molar-refractivity contribution in [3.05, 3.63) is 64.2 Å². The zero-order valence-electron chi connectivity index (χ0n) is 14.2. The Kier molecular flexibility index (Phi) is 7.34. The molecule has 0 heterocycles. The number of aryl methyl sites for hydroxylation is 1. The summed E-state index contributed by atoms with van der Waals surface area (Å²) in [7, 11) is 0. The molecule has 0 spiro atoms. The van der Waals surface area contributed by atoms with E-state index in [0.717, 1.165) is 11.1 Å². The van der Waals surface area contributed by atoms with Crippen molar-refractivity contribution in [1.82, 2.24) is 0 Å². The van der Waals surface area contributed by atoms with E-state index in [0.29, 0.717) is 34.4 Å². The fraction of sp³-hybridized carbons (Fsp3) is 0.263. The van der Waals surface area contributed by atoms with Crippen LogP contribution in [0.1, 0.15) is 28.4 Å². The fourth-order valence-electron chi connectivity index (χ4n) is 2.15. The summed E-state index contributed by atoms with van der Waals surface area (Å²) < 4.78 is 4.98. The number of carbonyl (C=O) groups excluding carboxylic acids is 2. The number of carbonyl (C=O) groups is 2. The highest BCUT2D eigenvalue weighted by molar-refractivity contribution is 7.99. The van der Waals surface area contributed by atoms with Crippen LogP contribution in [0.5, 0.6) is 0 Å². The van der Waals surface area contributed by atoms with Crippen LogP contribution in [0.4, 0.5) is 5.69 Å². The van der Waals surface area contributed by atoms with E-state index in [1.54, 1.807) is 25.1 Å². The maximum absolute atomic E-state index is 12.2. The number of hydrogen-bond acceptors (Lipinski definition) is 4. The minimum Gasteiger partial charge on any atom is -0.462 e. The van der Waals surface area contributed by atoms with E-state index in [4.69, 9.17) is 16.3 Å². The number of anilines is 1. The Bertz CT molecular complexity index is 764. The van der Waals surface area contributed by atoms with Crippen molar-refractivity contribution >= 4 is 40.9 Å². The normalized spacial score (nSPS) is 10.4. The van der Waals surface area contributed by atoms with E-state index in [9.17, 15) is 9.59 Å². The van der Waals surface area contributed by atoms with Gasteiger partial charge < -0.3 is 10.1 Å². The molecule has 1 amide bonds. The molecule has 0 fully saturated rings. The summed E-state index contributed by atoms with van der Waals surface area (Å²) in [6.45, 7) is 3.94. The van der Waals surface area contributed by atoms with Gasteiger partial charge in [-0.15, -0.1) is 11.8 Å². The van der Waals surface area contributed by atoms with Crippen molar-refractivity contribution in [2.24, 2.45) is 0 Å². The Morgan fingerprint density at radius 1 is 1.20 bits per heavy atom. The van der Waals surface area contributed by atoms with Gasteiger partial charge in [0, 0.05) is 16.5 Å². The summed E-state index contributed by atoms with van der Waals surface area (Å²) in [6, 6.07) is 12.7. The van der Waals surface area contributed by atoms with Gasteiger partial charge in [-0.05, 0) is 43.2 Å². The summed E-state index contributed by atoms with van der Waals surface area (Å²) in [5.41, 5.74) is 2.93. The van der Waals surface area contributed by atoms with Gasteiger partial charge >= 0.3 is 5.97 Å². The molecule has 0 radical (unpaired) electrons. The second kappa shape index (κ2) is 9.49. The van der Waals surface area contributed by atoms with Gasteiger partial charge in [-0.3, -0.25) is 4.79 Å². The van der Waals surface area contributed by atoms with Crippen LogP contribution in [0.25, 0.3) is 0 Å². The van der Waals surface area contributed by atoms with Gasteiger partial charge in [-0.1, -0.05) is 35.9 Å². The van der Waals surface area contributed by atoms with E-state index in [-0.39, 0.29) is 5.91 Å². The van der Waals surface area contributed by atoms with Gasteiger partial charge in [0.2, 0.25) is 5.91 Å². The van der Waals surface area contributed by atoms with Crippen LogP contribution in [0.3, 0.4) is 0 Å². The molecule has 0 bridgehead atoms. The Balaban J connectivity index is 1.92. The van der Waals surface area contributed by atoms with E-state index in [1.165, 1.54) is 11.8 Å². The summed E-state index contributed by atoms with van der Waals surface area (Å²) in [4.78, 5) is 24.0.